The molecule has 0 fully saturated rings. The Bertz CT molecular complexity index is 1690. The topological polar surface area (TPSA) is 115 Å². The van der Waals surface area contributed by atoms with E-state index < -0.39 is 12.0 Å². The van der Waals surface area contributed by atoms with Crippen LogP contribution in [0.15, 0.2) is 60.4 Å². The molecule has 0 aliphatic carbocycles. The molecule has 0 amide bonds. The number of aliphatic hydroxyl groups excluding tert-OH is 1. The van der Waals surface area contributed by atoms with Crippen LogP contribution in [0, 0.1) is 5.82 Å². The van der Waals surface area contributed by atoms with Crippen LogP contribution >= 0.6 is 11.3 Å². The van der Waals surface area contributed by atoms with Gasteiger partial charge in [-0.3, -0.25) is 10.1 Å². The Hall–Kier alpha value is -4.15. The van der Waals surface area contributed by atoms with E-state index in [0.29, 0.717) is 45.9 Å². The lowest BCUT2D eigenvalue weighted by molar-refractivity contribution is 0.190. The molecule has 8 nitrogen and oxygen atoms in total. The molecule has 0 spiro atoms. The lowest BCUT2D eigenvalue weighted by Crippen LogP contribution is -2.18. The summed E-state index contributed by atoms with van der Waals surface area (Å²) in [5, 5.41) is 23.4. The van der Waals surface area contributed by atoms with Crippen molar-refractivity contribution >= 4 is 39.1 Å². The minimum atomic E-state index is -0.689. The van der Waals surface area contributed by atoms with Crippen LogP contribution in [0.3, 0.4) is 0 Å². The molecule has 0 saturated heterocycles. The van der Waals surface area contributed by atoms with Crippen molar-refractivity contribution in [2.24, 2.45) is 0 Å². The lowest BCUT2D eigenvalue weighted by Gasteiger charge is -2.14. The van der Waals surface area contributed by atoms with Crippen molar-refractivity contribution in [1.82, 2.24) is 30.1 Å². The number of aliphatic hydroxyl groups is 1. The standard InChI is InChI=1S/C27H24FN7OS/c1-2-3-6-23(36)31-16-10-15(13-29-14-16)18-11-19-21(12-20(18)28)34-35-25(19)27-32-24-17(22-5-4-9-37-22)7-8-30-26(24)33-27/h4-5,7-14,23,31,36H,2-3,6H2,1H3,(H,34,35)(H,30,32,33). The van der Waals surface area contributed by atoms with Gasteiger partial charge in [-0.2, -0.15) is 5.10 Å². The third-order valence-corrected chi connectivity index (χ3v) is 7.17. The number of nitrogens with one attached hydrogen (secondary N) is 3. The zero-order valence-electron chi connectivity index (χ0n) is 20.0. The predicted octanol–water partition coefficient (Wildman–Crippen LogP) is 6.35. The summed E-state index contributed by atoms with van der Waals surface area (Å²) in [7, 11) is 0. The van der Waals surface area contributed by atoms with Gasteiger partial charge in [0.25, 0.3) is 0 Å². The maximum atomic E-state index is 15.2. The Morgan fingerprint density at radius 2 is 2.08 bits per heavy atom. The quantitative estimate of drug-likeness (QED) is 0.176. The molecule has 0 radical (unpaired) electrons. The Morgan fingerprint density at radius 1 is 1.16 bits per heavy atom. The van der Waals surface area contributed by atoms with Crippen molar-refractivity contribution in [1.29, 1.82) is 0 Å². The molecule has 6 rings (SSSR count). The first-order chi connectivity index (χ1) is 18.1. The van der Waals surface area contributed by atoms with Gasteiger partial charge in [-0.05, 0) is 42.5 Å². The first-order valence-corrected chi connectivity index (χ1v) is 13.0. The Morgan fingerprint density at radius 3 is 2.92 bits per heavy atom. The second kappa shape index (κ2) is 9.72. The monoisotopic (exact) mass is 513 g/mol. The predicted molar refractivity (Wildman–Crippen MR) is 145 cm³/mol. The van der Waals surface area contributed by atoms with Gasteiger partial charge in [0.2, 0.25) is 0 Å². The van der Waals surface area contributed by atoms with Crippen LogP contribution in [-0.2, 0) is 0 Å². The van der Waals surface area contributed by atoms with Crippen molar-refractivity contribution in [3.8, 4) is 33.1 Å². The van der Waals surface area contributed by atoms with E-state index in [1.54, 1.807) is 42.1 Å². The summed E-state index contributed by atoms with van der Waals surface area (Å²) in [6.07, 6.45) is 6.79. The molecule has 0 aliphatic rings. The van der Waals surface area contributed by atoms with Gasteiger partial charge in [-0.25, -0.2) is 14.4 Å². The molecule has 1 unspecified atom stereocenters. The number of aromatic nitrogens is 6. The maximum Gasteiger partial charge on any atom is 0.178 e. The summed E-state index contributed by atoms with van der Waals surface area (Å²) >= 11 is 1.64. The van der Waals surface area contributed by atoms with Crippen molar-refractivity contribution in [3.05, 3.63) is 66.2 Å². The van der Waals surface area contributed by atoms with Gasteiger partial charge < -0.3 is 15.4 Å². The van der Waals surface area contributed by atoms with E-state index in [2.05, 4.69) is 48.4 Å². The number of hydrogen-bond acceptors (Lipinski definition) is 7. The van der Waals surface area contributed by atoms with Gasteiger partial charge in [0.05, 0.1) is 22.9 Å². The summed E-state index contributed by atoms with van der Waals surface area (Å²) in [4.78, 5) is 17.8. The Labute approximate surface area is 215 Å². The summed E-state index contributed by atoms with van der Waals surface area (Å²) in [6.45, 7) is 2.07. The zero-order chi connectivity index (χ0) is 25.4. The number of rotatable bonds is 8. The van der Waals surface area contributed by atoms with Crippen molar-refractivity contribution in [2.45, 2.75) is 32.4 Å². The van der Waals surface area contributed by atoms with Gasteiger partial charge >= 0.3 is 0 Å². The lowest BCUT2D eigenvalue weighted by atomic mass is 10.0. The van der Waals surface area contributed by atoms with E-state index in [9.17, 15) is 5.11 Å². The second-order valence-corrected chi connectivity index (χ2v) is 9.78. The Balaban J connectivity index is 1.40. The minimum absolute atomic E-state index is 0.378. The summed E-state index contributed by atoms with van der Waals surface area (Å²) in [5.74, 6) is 0.141. The summed E-state index contributed by atoms with van der Waals surface area (Å²) < 4.78 is 15.2. The highest BCUT2D eigenvalue weighted by Crippen LogP contribution is 2.35. The van der Waals surface area contributed by atoms with E-state index >= 15 is 4.39 Å². The molecule has 0 saturated carbocycles. The van der Waals surface area contributed by atoms with Crippen LogP contribution in [0.25, 0.3) is 55.2 Å². The largest absolute Gasteiger partial charge is 0.374 e. The number of hydrogen-bond donors (Lipinski definition) is 4. The summed E-state index contributed by atoms with van der Waals surface area (Å²) in [5.41, 5.74) is 5.14. The molecule has 0 aliphatic heterocycles. The molecular weight excluding hydrogens is 489 g/mol. The molecule has 5 aromatic heterocycles. The minimum Gasteiger partial charge on any atom is -0.374 e. The third-order valence-electron chi connectivity index (χ3n) is 6.27. The first kappa shape index (κ1) is 23.3. The SMILES string of the molecule is CCCCC(O)Nc1cncc(-c2cc3c(-c4nc5nccc(-c6cccs6)c5[nH]4)n[nH]c3cc2F)c1. The van der Waals surface area contributed by atoms with Gasteiger partial charge in [-0.1, -0.05) is 19.4 Å². The number of aromatic amines is 2. The number of fused-ring (bicyclic) bond motifs is 2. The first-order valence-electron chi connectivity index (χ1n) is 12.1. The van der Waals surface area contributed by atoms with Gasteiger partial charge in [-0.15, -0.1) is 11.3 Å². The van der Waals surface area contributed by atoms with Crippen molar-refractivity contribution < 1.29 is 9.50 Å². The van der Waals surface area contributed by atoms with Crippen LogP contribution in [-0.4, -0.2) is 41.5 Å². The highest BCUT2D eigenvalue weighted by Gasteiger charge is 2.18. The van der Waals surface area contributed by atoms with Crippen LogP contribution < -0.4 is 5.32 Å². The van der Waals surface area contributed by atoms with E-state index in [0.717, 1.165) is 34.2 Å². The fourth-order valence-electron chi connectivity index (χ4n) is 4.43. The third kappa shape index (κ3) is 4.45. The number of halogens is 1. The summed E-state index contributed by atoms with van der Waals surface area (Å²) in [6, 6.07) is 11.0. The van der Waals surface area contributed by atoms with Gasteiger partial charge in [0.15, 0.2) is 11.5 Å². The number of anilines is 1. The smallest absolute Gasteiger partial charge is 0.178 e. The molecule has 1 atom stereocenters. The Kier molecular flexibility index (Phi) is 6.11. The van der Waals surface area contributed by atoms with Gasteiger partial charge in [0.1, 0.15) is 17.7 Å². The highest BCUT2D eigenvalue weighted by molar-refractivity contribution is 7.13. The average Bonchev–Trinajstić information content (AvgIpc) is 3.66. The number of thiophene rings is 1. The number of unbranched alkanes of at least 4 members (excludes halogenated alkanes) is 1. The van der Waals surface area contributed by atoms with Gasteiger partial charge in [0, 0.05) is 45.4 Å². The molecule has 5 heterocycles. The molecule has 0 bridgehead atoms. The number of pyridine rings is 2. The van der Waals surface area contributed by atoms with E-state index in [1.165, 1.54) is 6.07 Å². The second-order valence-electron chi connectivity index (χ2n) is 8.83. The fourth-order valence-corrected chi connectivity index (χ4v) is 5.19. The fraction of sp³-hybridized carbons (Fsp3) is 0.185. The molecule has 4 N–H and O–H groups in total. The van der Waals surface area contributed by atoms with Crippen molar-refractivity contribution in [3.63, 3.8) is 0 Å². The number of benzene rings is 1. The molecular formula is C27H24FN7OS. The van der Waals surface area contributed by atoms with Crippen molar-refractivity contribution in [2.75, 3.05) is 5.32 Å². The molecule has 6 aromatic rings. The van der Waals surface area contributed by atoms with Crippen LogP contribution in [0.5, 0.6) is 0 Å². The highest BCUT2D eigenvalue weighted by atomic mass is 32.1. The molecule has 1 aromatic carbocycles. The normalized spacial score (nSPS) is 12.4. The molecule has 186 valence electrons. The number of H-pyrrole nitrogens is 2. The average molecular weight is 514 g/mol. The molecule has 37 heavy (non-hydrogen) atoms. The maximum absolute atomic E-state index is 15.2. The molecule has 10 heteroatoms. The van der Waals surface area contributed by atoms with Crippen LogP contribution in [0.1, 0.15) is 26.2 Å². The van der Waals surface area contributed by atoms with Crippen LogP contribution in [0.2, 0.25) is 0 Å². The van der Waals surface area contributed by atoms with Crippen LogP contribution in [0.4, 0.5) is 10.1 Å². The number of imidazole rings is 1. The number of nitrogens with zero attached hydrogens (tertiary/aromatic N) is 4. The van der Waals surface area contributed by atoms with E-state index in [4.69, 9.17) is 0 Å². The van der Waals surface area contributed by atoms with E-state index in [-0.39, 0.29) is 0 Å². The zero-order valence-corrected chi connectivity index (χ0v) is 20.8. The van der Waals surface area contributed by atoms with E-state index in [1.807, 2.05) is 17.5 Å².